The monoisotopic (exact) mass is 590 g/mol. The lowest BCUT2D eigenvalue weighted by molar-refractivity contribution is -0.143. The van der Waals surface area contributed by atoms with Crippen LogP contribution in [0.2, 0.25) is 0 Å². The summed E-state index contributed by atoms with van der Waals surface area (Å²) in [5.41, 5.74) is 0. The minimum atomic E-state index is -4.03. The number of carboxylic acids is 2. The maximum Gasteiger partial charge on any atom is 0.326 e. The summed E-state index contributed by atoms with van der Waals surface area (Å²) in [5, 5.41) is 38.4. The summed E-state index contributed by atoms with van der Waals surface area (Å²) in [6, 6.07) is -2.85. The number of amides is 4. The van der Waals surface area contributed by atoms with Crippen molar-refractivity contribution >= 4 is 45.6 Å². The van der Waals surface area contributed by atoms with Gasteiger partial charge < -0.3 is 26.2 Å². The molecular weight excluding hydrogens is 556 g/mol. The molecule has 0 spiro atoms. The molecule has 18 nitrogen and oxygen atoms in total. The zero-order valence-corrected chi connectivity index (χ0v) is 22.7. The molecule has 7 N–H and O–H groups in total. The van der Waals surface area contributed by atoms with Crippen molar-refractivity contribution in [2.24, 2.45) is 0 Å². The molecule has 4 amide bonds. The number of aromatic amines is 1. The van der Waals surface area contributed by atoms with Crippen LogP contribution in [-0.4, -0.2) is 99.2 Å². The molecule has 0 aliphatic carbocycles. The van der Waals surface area contributed by atoms with Crippen molar-refractivity contribution in [3.8, 4) is 0 Å². The zero-order valence-electron chi connectivity index (χ0n) is 21.8. The van der Waals surface area contributed by atoms with Gasteiger partial charge in [0.25, 0.3) is 0 Å². The van der Waals surface area contributed by atoms with Gasteiger partial charge in [-0.05, 0) is 43.0 Å². The van der Waals surface area contributed by atoms with E-state index < -0.39 is 63.9 Å². The fourth-order valence-corrected chi connectivity index (χ4v) is 4.36. The molecule has 0 aliphatic rings. The Labute approximate surface area is 229 Å². The van der Waals surface area contributed by atoms with Crippen LogP contribution in [0.3, 0.4) is 0 Å². The van der Waals surface area contributed by atoms with Gasteiger partial charge in [0.1, 0.15) is 17.9 Å². The average molecular weight is 591 g/mol. The van der Waals surface area contributed by atoms with Crippen molar-refractivity contribution in [2.75, 3.05) is 12.3 Å². The number of tetrazole rings is 1. The molecule has 1 rings (SSSR count). The molecule has 1 aromatic heterocycles. The molecule has 19 heteroatoms. The van der Waals surface area contributed by atoms with Crippen LogP contribution in [0.1, 0.15) is 64.1 Å². The molecule has 0 radical (unpaired) electrons. The van der Waals surface area contributed by atoms with E-state index in [1.807, 2.05) is 4.72 Å². The molecule has 0 aliphatic heterocycles. The Hall–Kier alpha value is -4.16. The van der Waals surface area contributed by atoms with Crippen LogP contribution in [0.5, 0.6) is 0 Å². The standard InChI is InChI=1S/C21H34N8O10S/c1-2-22-16(30)10-8-13(20(34)35)24-18(32)11-9-14(21(36)37)23-17(31)7-4-12-40(38,39)27-19(33)6-3-5-15-25-28-29-26-15/h13-14H,2-12H2,1H3,(H,22,30)(H,23,31)(H,24,32)(H,27,33)(H,34,35)(H,36,37)(H,25,26,28,29). The van der Waals surface area contributed by atoms with Crippen molar-refractivity contribution in [3.05, 3.63) is 5.82 Å². The highest BCUT2D eigenvalue weighted by Crippen LogP contribution is 2.04. The first-order chi connectivity index (χ1) is 18.8. The first-order valence-electron chi connectivity index (χ1n) is 12.4. The molecule has 0 aromatic carbocycles. The number of aryl methyl sites for hydroxylation is 1. The Kier molecular flexibility index (Phi) is 14.8. The van der Waals surface area contributed by atoms with Crippen molar-refractivity contribution in [3.63, 3.8) is 0 Å². The van der Waals surface area contributed by atoms with Gasteiger partial charge in [-0.25, -0.2) is 23.1 Å². The van der Waals surface area contributed by atoms with Gasteiger partial charge in [-0.2, -0.15) is 0 Å². The van der Waals surface area contributed by atoms with E-state index in [9.17, 15) is 47.4 Å². The second-order valence-corrected chi connectivity index (χ2v) is 10.4. The van der Waals surface area contributed by atoms with Gasteiger partial charge in [-0.15, -0.1) is 5.10 Å². The molecule has 1 aromatic rings. The molecule has 0 fully saturated rings. The van der Waals surface area contributed by atoms with Crippen LogP contribution in [0.25, 0.3) is 0 Å². The van der Waals surface area contributed by atoms with Crippen LogP contribution in [0, 0.1) is 0 Å². The number of aromatic nitrogens is 4. The number of H-pyrrole nitrogens is 1. The van der Waals surface area contributed by atoms with E-state index in [1.54, 1.807) is 6.92 Å². The normalized spacial score (nSPS) is 12.5. The van der Waals surface area contributed by atoms with Crippen LogP contribution in [-0.2, 0) is 45.2 Å². The molecule has 0 bridgehead atoms. The number of rotatable bonds is 20. The van der Waals surface area contributed by atoms with Gasteiger partial charge in [0, 0.05) is 38.6 Å². The van der Waals surface area contributed by atoms with Crippen molar-refractivity contribution < 1.29 is 47.4 Å². The van der Waals surface area contributed by atoms with Gasteiger partial charge >= 0.3 is 11.9 Å². The van der Waals surface area contributed by atoms with Crippen LogP contribution in [0.4, 0.5) is 0 Å². The highest BCUT2D eigenvalue weighted by atomic mass is 32.2. The van der Waals surface area contributed by atoms with E-state index in [-0.39, 0.29) is 44.4 Å². The molecule has 40 heavy (non-hydrogen) atoms. The van der Waals surface area contributed by atoms with Gasteiger partial charge in [0.15, 0.2) is 0 Å². The Morgan fingerprint density at radius 2 is 1.38 bits per heavy atom. The summed E-state index contributed by atoms with van der Waals surface area (Å²) in [6.45, 7) is 2.06. The number of carbonyl (C=O) groups is 6. The molecular formula is C21H34N8O10S. The minimum Gasteiger partial charge on any atom is -0.480 e. The van der Waals surface area contributed by atoms with Gasteiger partial charge in [-0.3, -0.25) is 23.9 Å². The Morgan fingerprint density at radius 1 is 0.825 bits per heavy atom. The highest BCUT2D eigenvalue weighted by Gasteiger charge is 2.25. The van der Waals surface area contributed by atoms with E-state index >= 15 is 0 Å². The number of nitrogens with zero attached hydrogens (tertiary/aromatic N) is 3. The molecule has 1 heterocycles. The number of nitrogens with one attached hydrogen (secondary N) is 5. The first-order valence-corrected chi connectivity index (χ1v) is 14.0. The summed E-state index contributed by atoms with van der Waals surface area (Å²) in [7, 11) is -4.03. The third-order valence-electron chi connectivity index (χ3n) is 5.25. The SMILES string of the molecule is CCNC(=O)CCC(NC(=O)CCC(NC(=O)CCCS(=O)(=O)NC(=O)CCCc1nnn[nH]1)C(=O)O)C(=O)O. The minimum absolute atomic E-state index is 0.102. The number of hydrogen-bond acceptors (Lipinski definition) is 11. The Balaban J connectivity index is 2.41. The summed E-state index contributed by atoms with van der Waals surface area (Å²) >= 11 is 0. The second-order valence-electron chi connectivity index (χ2n) is 8.60. The topological polar surface area (TPSA) is 280 Å². The first kappa shape index (κ1) is 33.9. The lowest BCUT2D eigenvalue weighted by atomic mass is 10.1. The van der Waals surface area contributed by atoms with Gasteiger partial charge in [0.2, 0.25) is 33.7 Å². The summed E-state index contributed by atoms with van der Waals surface area (Å²) in [5.74, 6) is -5.64. The van der Waals surface area contributed by atoms with Crippen molar-refractivity contribution in [2.45, 2.75) is 76.8 Å². The zero-order chi connectivity index (χ0) is 30.1. The molecule has 2 atom stereocenters. The van der Waals surface area contributed by atoms with E-state index in [4.69, 9.17) is 0 Å². The lowest BCUT2D eigenvalue weighted by Crippen LogP contribution is -2.44. The molecule has 0 saturated heterocycles. The lowest BCUT2D eigenvalue weighted by Gasteiger charge is -2.17. The predicted molar refractivity (Wildman–Crippen MR) is 135 cm³/mol. The number of carboxylic acid groups (broad SMARTS) is 2. The number of aliphatic carboxylic acids is 2. The fraction of sp³-hybridized carbons (Fsp3) is 0.667. The van der Waals surface area contributed by atoms with Gasteiger partial charge in [-0.1, -0.05) is 0 Å². The van der Waals surface area contributed by atoms with Crippen LogP contribution in [0.15, 0.2) is 0 Å². The van der Waals surface area contributed by atoms with Crippen LogP contribution >= 0.6 is 0 Å². The quantitative estimate of drug-likeness (QED) is 0.0833. The summed E-state index contributed by atoms with van der Waals surface area (Å²) < 4.78 is 26.0. The third-order valence-corrected chi connectivity index (χ3v) is 6.62. The van der Waals surface area contributed by atoms with Gasteiger partial charge in [0.05, 0.1) is 5.75 Å². The number of carbonyl (C=O) groups excluding carboxylic acids is 4. The molecule has 0 saturated carbocycles. The number of hydrogen-bond donors (Lipinski definition) is 7. The van der Waals surface area contributed by atoms with Crippen molar-refractivity contribution in [1.29, 1.82) is 0 Å². The largest absolute Gasteiger partial charge is 0.480 e. The second kappa shape index (κ2) is 17.4. The smallest absolute Gasteiger partial charge is 0.326 e. The highest BCUT2D eigenvalue weighted by molar-refractivity contribution is 7.90. The maximum atomic E-state index is 12.1. The fourth-order valence-electron chi connectivity index (χ4n) is 3.28. The van der Waals surface area contributed by atoms with E-state index in [0.717, 1.165) is 0 Å². The summed E-state index contributed by atoms with van der Waals surface area (Å²) in [4.78, 5) is 70.5. The molecule has 224 valence electrons. The Morgan fingerprint density at radius 3 is 1.90 bits per heavy atom. The average Bonchev–Trinajstić information content (AvgIpc) is 3.37. The van der Waals surface area contributed by atoms with Crippen LogP contribution < -0.4 is 20.7 Å². The maximum absolute atomic E-state index is 12.1. The van der Waals surface area contributed by atoms with Crippen molar-refractivity contribution in [1.82, 2.24) is 41.3 Å². The number of sulfonamides is 1. The summed E-state index contributed by atoms with van der Waals surface area (Å²) in [6.07, 6.45) is -1.16. The van der Waals surface area contributed by atoms with E-state index in [0.29, 0.717) is 25.2 Å². The van der Waals surface area contributed by atoms with E-state index in [2.05, 4.69) is 36.6 Å². The Bertz CT molecular complexity index is 1130. The predicted octanol–water partition coefficient (Wildman–Crippen LogP) is -2.42. The third kappa shape index (κ3) is 14.7. The molecule has 2 unspecified atom stereocenters. The van der Waals surface area contributed by atoms with E-state index in [1.165, 1.54) is 0 Å².